The number of likely N-dealkylation sites (tertiary alicyclic amines) is 1. The number of anilines is 3. The van der Waals surface area contributed by atoms with Crippen molar-refractivity contribution in [3.63, 3.8) is 0 Å². The zero-order valence-corrected chi connectivity index (χ0v) is 42.6. The highest BCUT2D eigenvalue weighted by Gasteiger charge is 2.64. The van der Waals surface area contributed by atoms with E-state index in [1.54, 1.807) is 62.4 Å². The quantitative estimate of drug-likeness (QED) is 0.137. The van der Waals surface area contributed by atoms with Crippen LogP contribution in [0.15, 0.2) is 67.0 Å². The number of alkyl halides is 2. The predicted molar refractivity (Wildman–Crippen MR) is 271 cm³/mol. The van der Waals surface area contributed by atoms with E-state index in [2.05, 4.69) is 75.7 Å². The van der Waals surface area contributed by atoms with E-state index in [1.165, 1.54) is 18.5 Å². The van der Waals surface area contributed by atoms with E-state index in [4.69, 9.17) is 14.6 Å². The number of aryl methyl sites for hydroxylation is 2. The van der Waals surface area contributed by atoms with Gasteiger partial charge in [0.2, 0.25) is 5.91 Å². The van der Waals surface area contributed by atoms with Gasteiger partial charge in [0.25, 0.3) is 12.3 Å². The van der Waals surface area contributed by atoms with Gasteiger partial charge in [-0.3, -0.25) is 19.0 Å². The van der Waals surface area contributed by atoms with Gasteiger partial charge >= 0.3 is 0 Å². The van der Waals surface area contributed by atoms with Crippen molar-refractivity contribution in [1.29, 1.82) is 5.26 Å². The maximum atomic E-state index is 14.8. The molecule has 2 aliphatic carbocycles. The molecule has 3 aromatic carbocycles. The molecule has 0 unspecified atom stereocenters. The summed E-state index contributed by atoms with van der Waals surface area (Å²) < 4.78 is 45.4. The summed E-state index contributed by atoms with van der Waals surface area (Å²) >= 11 is 0. The van der Waals surface area contributed by atoms with Gasteiger partial charge in [0.05, 0.1) is 31.5 Å². The van der Waals surface area contributed by atoms with Crippen LogP contribution in [0.5, 0.6) is 11.5 Å². The van der Waals surface area contributed by atoms with Crippen LogP contribution in [0.2, 0.25) is 0 Å². The summed E-state index contributed by atoms with van der Waals surface area (Å²) in [6, 6.07) is 19.7. The number of nitrogens with one attached hydrogen (secondary N) is 1. The minimum absolute atomic E-state index is 0.00701. The molecule has 2 saturated heterocycles. The number of aromatic nitrogens is 4. The number of ether oxygens (including phenoxy) is 2. The van der Waals surface area contributed by atoms with E-state index in [1.807, 2.05) is 23.1 Å². The standard InChI is InChI=1S/C56H66F2N10O4/c1-34(69)65-22-18-46-45(31-65)50(67-19-8-9-36-23-43(38-29-60-63(6)30-38)44(49(57)58)25-47(36)67)62-68(46)40-16-20-64(21-17-40)41-26-56(27-41)32-66(33-56)39-13-10-35(11-14-39)51(70)61-52-54(2,3)53(55(52,4)5)72-42-15-12-37(28-59)48(24-42)71-7/h10-15,23-25,29-30,40-41,49,52-53H,8-9,16-22,26-27,31-33H2,1-7H3,(H,61,70). The summed E-state index contributed by atoms with van der Waals surface area (Å²) in [4.78, 5) is 35.6. The third kappa shape index (κ3) is 8.15. The van der Waals surface area contributed by atoms with Gasteiger partial charge in [-0.05, 0) is 98.2 Å². The summed E-state index contributed by atoms with van der Waals surface area (Å²) in [6.07, 6.45) is 7.31. The molecule has 11 rings (SSSR count). The molecule has 2 amide bonds. The second-order valence-electron chi connectivity index (χ2n) is 22.7. The van der Waals surface area contributed by atoms with E-state index < -0.39 is 6.43 Å². The molecule has 5 aromatic rings. The zero-order chi connectivity index (χ0) is 50.4. The van der Waals surface area contributed by atoms with Gasteiger partial charge in [0.15, 0.2) is 5.82 Å². The van der Waals surface area contributed by atoms with E-state index >= 15 is 0 Å². The number of hydrogen-bond donors (Lipinski definition) is 1. The second-order valence-corrected chi connectivity index (χ2v) is 22.7. The summed E-state index contributed by atoms with van der Waals surface area (Å²) in [7, 11) is 3.33. The number of nitriles is 1. The van der Waals surface area contributed by atoms with Gasteiger partial charge in [-0.25, -0.2) is 8.78 Å². The topological polar surface area (TPSA) is 137 Å². The average Bonchev–Trinajstić information content (AvgIpc) is 3.96. The minimum Gasteiger partial charge on any atom is -0.495 e. The molecule has 378 valence electrons. The summed E-state index contributed by atoms with van der Waals surface area (Å²) in [5.74, 6) is 1.83. The summed E-state index contributed by atoms with van der Waals surface area (Å²) in [6.45, 7) is 15.9. The molecule has 16 heteroatoms. The van der Waals surface area contributed by atoms with Crippen LogP contribution in [-0.4, -0.2) is 106 Å². The predicted octanol–water partition coefficient (Wildman–Crippen LogP) is 9.01. The number of fused-ring (bicyclic) bond motifs is 2. The molecule has 4 fully saturated rings. The number of hydrogen-bond acceptors (Lipinski definition) is 10. The monoisotopic (exact) mass is 981 g/mol. The van der Waals surface area contributed by atoms with Crippen molar-refractivity contribution in [2.45, 2.75) is 117 Å². The largest absolute Gasteiger partial charge is 0.495 e. The number of rotatable bonds is 11. The van der Waals surface area contributed by atoms with Gasteiger partial charge in [-0.1, -0.05) is 27.7 Å². The number of methoxy groups -OCH3 is 1. The van der Waals surface area contributed by atoms with Crippen LogP contribution in [0.3, 0.4) is 0 Å². The highest BCUT2D eigenvalue weighted by molar-refractivity contribution is 5.95. The van der Waals surface area contributed by atoms with E-state index in [0.29, 0.717) is 64.8 Å². The molecule has 72 heavy (non-hydrogen) atoms. The molecule has 4 aliphatic heterocycles. The first-order valence-corrected chi connectivity index (χ1v) is 25.7. The van der Waals surface area contributed by atoms with Crippen LogP contribution in [-0.2, 0) is 31.2 Å². The molecule has 1 spiro atoms. The number of carbonyl (C=O) groups excluding carboxylic acids is 2. The maximum absolute atomic E-state index is 14.8. The molecule has 6 heterocycles. The lowest BCUT2D eigenvalue weighted by atomic mass is 9.49. The Morgan fingerprint density at radius 3 is 2.32 bits per heavy atom. The van der Waals surface area contributed by atoms with E-state index in [-0.39, 0.29) is 46.4 Å². The van der Waals surface area contributed by atoms with E-state index in [9.17, 15) is 23.6 Å². The Kier molecular flexibility index (Phi) is 11.9. The fourth-order valence-corrected chi connectivity index (χ4v) is 13.8. The molecular formula is C56H66F2N10O4. The first-order chi connectivity index (χ1) is 34.5. The van der Waals surface area contributed by atoms with Crippen LogP contribution in [0.25, 0.3) is 11.1 Å². The third-order valence-corrected chi connectivity index (χ3v) is 17.3. The van der Waals surface area contributed by atoms with Crippen molar-refractivity contribution in [1.82, 2.24) is 34.7 Å². The normalized spacial score (nSPS) is 22.3. The molecule has 6 aliphatic rings. The Labute approximate surface area is 420 Å². The van der Waals surface area contributed by atoms with Gasteiger partial charge in [-0.2, -0.15) is 15.5 Å². The molecule has 2 aromatic heterocycles. The van der Waals surface area contributed by atoms with Crippen molar-refractivity contribution in [3.8, 4) is 28.7 Å². The van der Waals surface area contributed by atoms with Crippen molar-refractivity contribution in [3.05, 3.63) is 101 Å². The minimum atomic E-state index is -2.65. The molecule has 1 N–H and O–H groups in total. The van der Waals surface area contributed by atoms with Crippen molar-refractivity contribution in [2.75, 3.05) is 56.2 Å². The second kappa shape index (κ2) is 17.9. The number of benzene rings is 3. The smallest absolute Gasteiger partial charge is 0.264 e. The third-order valence-electron chi connectivity index (χ3n) is 17.3. The Morgan fingerprint density at radius 1 is 0.931 bits per heavy atom. The summed E-state index contributed by atoms with van der Waals surface area (Å²) in [5.41, 5.74) is 7.06. The van der Waals surface area contributed by atoms with Crippen LogP contribution in [0, 0.1) is 27.6 Å². The number of halogens is 2. The highest BCUT2D eigenvalue weighted by atomic mass is 19.3. The molecule has 2 saturated carbocycles. The molecule has 14 nitrogen and oxygen atoms in total. The Bertz CT molecular complexity index is 2940. The fourth-order valence-electron chi connectivity index (χ4n) is 13.8. The van der Waals surface area contributed by atoms with Crippen LogP contribution >= 0.6 is 0 Å². The summed E-state index contributed by atoms with van der Waals surface area (Å²) in [5, 5.41) is 22.4. The average molecular weight is 981 g/mol. The van der Waals surface area contributed by atoms with Crippen molar-refractivity contribution < 1.29 is 27.8 Å². The van der Waals surface area contributed by atoms with Gasteiger partial charge in [-0.15, -0.1) is 0 Å². The molecule has 0 atom stereocenters. The number of amides is 2. The van der Waals surface area contributed by atoms with Crippen LogP contribution in [0.1, 0.15) is 117 Å². The van der Waals surface area contributed by atoms with Crippen molar-refractivity contribution in [2.24, 2.45) is 23.3 Å². The highest BCUT2D eigenvalue weighted by Crippen LogP contribution is 2.56. The van der Waals surface area contributed by atoms with Gasteiger partial charge < -0.3 is 34.4 Å². The van der Waals surface area contributed by atoms with Gasteiger partial charge in [0.1, 0.15) is 23.7 Å². The molecule has 0 bridgehead atoms. The van der Waals surface area contributed by atoms with Crippen LogP contribution in [0.4, 0.5) is 26.0 Å². The number of piperidine rings is 1. The lowest BCUT2D eigenvalue weighted by Crippen LogP contribution is -2.74. The lowest BCUT2D eigenvalue weighted by molar-refractivity contribution is -0.164. The first-order valence-electron chi connectivity index (χ1n) is 25.7. The number of nitrogens with zero attached hydrogens (tertiary/aromatic N) is 9. The Balaban J connectivity index is 0.701. The van der Waals surface area contributed by atoms with Gasteiger partial charge in [0, 0.05) is 140 Å². The fraction of sp³-hybridized carbons (Fsp3) is 0.518. The lowest BCUT2D eigenvalue weighted by Gasteiger charge is -2.63. The van der Waals surface area contributed by atoms with E-state index in [0.717, 1.165) is 86.6 Å². The first kappa shape index (κ1) is 47.8. The molecule has 0 radical (unpaired) electrons. The SMILES string of the molecule is COc1cc(OC2C(C)(C)C(NC(=O)c3ccc(N4CC5(CC(N6CCC(n7nc(N8CCCc9cc(-c%10cnn(C)c%10)c(C(F)F)cc98)c8c7CCN(C(C)=O)C8)CC6)C5)C4)cc3)C2(C)C)ccc1C#N. The molecular weight excluding hydrogens is 915 g/mol. The van der Waals surface area contributed by atoms with Crippen molar-refractivity contribution >= 4 is 29.0 Å². The Morgan fingerprint density at radius 2 is 1.67 bits per heavy atom. The zero-order valence-electron chi connectivity index (χ0n) is 42.6. The Hall–Kier alpha value is -6.47. The maximum Gasteiger partial charge on any atom is 0.264 e. The van der Waals surface area contributed by atoms with Crippen LogP contribution < -0.4 is 24.6 Å². The number of carbonyl (C=O) groups is 2.